The Morgan fingerprint density at radius 3 is 2.45 bits per heavy atom. The van der Waals surface area contributed by atoms with E-state index in [9.17, 15) is 13.2 Å². The third kappa shape index (κ3) is 2.96. The minimum atomic E-state index is -3.90. The molecule has 1 aromatic heterocycles. The van der Waals surface area contributed by atoms with E-state index in [1.54, 1.807) is 6.26 Å². The van der Waals surface area contributed by atoms with Crippen LogP contribution in [0.1, 0.15) is 9.67 Å². The molecule has 1 aromatic carbocycles. The summed E-state index contributed by atoms with van der Waals surface area (Å²) in [6.45, 7) is 0. The van der Waals surface area contributed by atoms with Gasteiger partial charge in [-0.15, -0.1) is 23.1 Å². The number of halogens is 1. The van der Waals surface area contributed by atoms with Crippen LogP contribution in [0.3, 0.4) is 0 Å². The predicted molar refractivity (Wildman–Crippen MR) is 91.5 cm³/mol. The van der Waals surface area contributed by atoms with E-state index in [0.717, 1.165) is 17.4 Å². The molecule has 10 heteroatoms. The number of thiophene rings is 1. The summed E-state index contributed by atoms with van der Waals surface area (Å²) in [5.41, 5.74) is 11.8. The Labute approximate surface area is 143 Å². The normalized spacial score (nSPS) is 11.5. The number of nitrogen functional groups attached to an aromatic ring is 2. The molecular formula is C12H11BrN2O4S3. The lowest BCUT2D eigenvalue weighted by Crippen LogP contribution is -2.05. The number of hydrogen-bond donors (Lipinski definition) is 3. The molecular weight excluding hydrogens is 412 g/mol. The van der Waals surface area contributed by atoms with Crippen molar-refractivity contribution in [1.29, 1.82) is 0 Å². The highest BCUT2D eigenvalue weighted by atomic mass is 79.9. The Balaban J connectivity index is 2.68. The van der Waals surface area contributed by atoms with Crippen LogP contribution in [0, 0.1) is 0 Å². The van der Waals surface area contributed by atoms with Crippen LogP contribution in [0.2, 0.25) is 0 Å². The number of hydrogen-bond acceptors (Lipinski definition) is 7. The quantitative estimate of drug-likeness (QED) is 0.510. The zero-order valence-corrected chi connectivity index (χ0v) is 15.2. The van der Waals surface area contributed by atoms with Crippen molar-refractivity contribution in [2.75, 3.05) is 17.7 Å². The first-order valence-corrected chi connectivity index (χ1v) is 10.0. The van der Waals surface area contributed by atoms with Gasteiger partial charge in [0.25, 0.3) is 0 Å². The van der Waals surface area contributed by atoms with Gasteiger partial charge in [0.1, 0.15) is 4.88 Å². The van der Waals surface area contributed by atoms with Crippen molar-refractivity contribution in [1.82, 2.24) is 0 Å². The van der Waals surface area contributed by atoms with Crippen LogP contribution in [0.15, 0.2) is 36.7 Å². The van der Waals surface area contributed by atoms with Gasteiger partial charge in [-0.2, -0.15) is 0 Å². The Hall–Kier alpha value is -1.23. The van der Waals surface area contributed by atoms with E-state index >= 15 is 0 Å². The summed E-state index contributed by atoms with van der Waals surface area (Å²) in [6, 6.07) is 3.77. The van der Waals surface area contributed by atoms with Crippen molar-refractivity contribution in [3.8, 4) is 0 Å². The van der Waals surface area contributed by atoms with Crippen LogP contribution < -0.4 is 11.5 Å². The summed E-state index contributed by atoms with van der Waals surface area (Å²) in [6.07, 6.45) is 1.68. The lowest BCUT2D eigenvalue weighted by Gasteiger charge is -2.09. The summed E-state index contributed by atoms with van der Waals surface area (Å²) in [5, 5.41) is 9.04. The van der Waals surface area contributed by atoms with Crippen molar-refractivity contribution in [3.05, 3.63) is 27.5 Å². The van der Waals surface area contributed by atoms with Crippen molar-refractivity contribution in [2.24, 2.45) is 0 Å². The van der Waals surface area contributed by atoms with Crippen molar-refractivity contribution in [3.63, 3.8) is 0 Å². The van der Waals surface area contributed by atoms with Crippen LogP contribution in [0.5, 0.6) is 0 Å². The summed E-state index contributed by atoms with van der Waals surface area (Å²) in [5.74, 6) is -1.17. The molecule has 0 aliphatic heterocycles. The number of rotatable bonds is 4. The molecule has 5 N–H and O–H groups in total. The van der Waals surface area contributed by atoms with Crippen molar-refractivity contribution >= 4 is 66.2 Å². The number of aromatic carboxylic acids is 1. The standard InChI is InChI=1S/C12H11BrN2O4S3/c1-20-12-9(4-8(21-12)11(16)17)22(18,19)5-2-6(13)10(15)7(14)3-5/h2-4H,14-15H2,1H3,(H,16,17). The number of carbonyl (C=O) groups is 1. The molecule has 0 spiro atoms. The molecule has 0 saturated heterocycles. The number of carboxylic acids is 1. The molecule has 0 saturated carbocycles. The van der Waals surface area contributed by atoms with Crippen LogP contribution in [0.4, 0.5) is 11.4 Å². The molecule has 0 radical (unpaired) electrons. The maximum atomic E-state index is 12.7. The maximum Gasteiger partial charge on any atom is 0.345 e. The van der Waals surface area contributed by atoms with Crippen LogP contribution in [0.25, 0.3) is 0 Å². The summed E-state index contributed by atoms with van der Waals surface area (Å²) in [7, 11) is -3.90. The first kappa shape index (κ1) is 17.1. The lowest BCUT2D eigenvalue weighted by molar-refractivity contribution is 0.0702. The second-order valence-corrected chi connectivity index (χ2v) is 9.08. The molecule has 118 valence electrons. The van der Waals surface area contributed by atoms with Gasteiger partial charge in [-0.05, 0) is 40.4 Å². The summed E-state index contributed by atoms with van der Waals surface area (Å²) >= 11 is 5.25. The van der Waals surface area contributed by atoms with Gasteiger partial charge in [-0.25, -0.2) is 13.2 Å². The highest BCUT2D eigenvalue weighted by Crippen LogP contribution is 2.39. The number of carboxylic acid groups (broad SMARTS) is 1. The van der Waals surface area contributed by atoms with Gasteiger partial charge in [0.05, 0.1) is 25.4 Å². The largest absolute Gasteiger partial charge is 0.477 e. The van der Waals surface area contributed by atoms with E-state index in [2.05, 4.69) is 15.9 Å². The Bertz CT molecular complexity index is 838. The molecule has 6 nitrogen and oxygen atoms in total. The highest BCUT2D eigenvalue weighted by molar-refractivity contribution is 9.10. The Morgan fingerprint density at radius 1 is 1.32 bits per heavy atom. The predicted octanol–water partition coefficient (Wildman–Crippen LogP) is 2.93. The lowest BCUT2D eigenvalue weighted by atomic mass is 10.3. The minimum absolute atomic E-state index is 0.0367. The van der Waals surface area contributed by atoms with Crippen LogP contribution >= 0.6 is 39.0 Å². The van der Waals surface area contributed by atoms with Gasteiger partial charge < -0.3 is 16.6 Å². The molecule has 0 unspecified atom stereocenters. The topological polar surface area (TPSA) is 123 Å². The second kappa shape index (κ2) is 6.11. The van der Waals surface area contributed by atoms with Gasteiger partial charge in [-0.3, -0.25) is 0 Å². The molecule has 22 heavy (non-hydrogen) atoms. The van der Waals surface area contributed by atoms with E-state index in [4.69, 9.17) is 16.6 Å². The molecule has 1 heterocycles. The highest BCUT2D eigenvalue weighted by Gasteiger charge is 2.27. The number of benzene rings is 1. The summed E-state index contributed by atoms with van der Waals surface area (Å²) < 4.78 is 26.3. The second-order valence-electron chi connectivity index (χ2n) is 4.18. The molecule has 0 bridgehead atoms. The van der Waals surface area contributed by atoms with Gasteiger partial charge in [0.15, 0.2) is 0 Å². The number of thioether (sulfide) groups is 1. The molecule has 0 atom stereocenters. The molecule has 2 aromatic rings. The fourth-order valence-corrected chi connectivity index (χ4v) is 6.21. The molecule has 0 fully saturated rings. The van der Waals surface area contributed by atoms with Gasteiger partial charge in [0.2, 0.25) is 9.84 Å². The fourth-order valence-electron chi connectivity index (χ4n) is 1.69. The maximum absolute atomic E-state index is 12.7. The monoisotopic (exact) mass is 422 g/mol. The molecule has 2 rings (SSSR count). The fraction of sp³-hybridized carbons (Fsp3) is 0.0833. The first-order valence-electron chi connectivity index (χ1n) is 5.69. The van der Waals surface area contributed by atoms with E-state index in [1.165, 1.54) is 23.9 Å². The zero-order chi connectivity index (χ0) is 16.7. The van der Waals surface area contributed by atoms with E-state index in [1.807, 2.05) is 0 Å². The Morgan fingerprint density at radius 2 is 1.95 bits per heavy atom. The van der Waals surface area contributed by atoms with Gasteiger partial charge >= 0.3 is 5.97 Å². The molecule has 0 amide bonds. The van der Waals surface area contributed by atoms with E-state index in [0.29, 0.717) is 8.68 Å². The third-order valence-corrected chi connectivity index (χ3v) is 7.73. The average molecular weight is 423 g/mol. The summed E-state index contributed by atoms with van der Waals surface area (Å²) in [4.78, 5) is 10.9. The number of sulfone groups is 1. The molecule has 0 aliphatic rings. The van der Waals surface area contributed by atoms with Gasteiger partial charge in [-0.1, -0.05) is 0 Å². The Kier molecular flexibility index (Phi) is 4.76. The smallest absolute Gasteiger partial charge is 0.345 e. The number of nitrogens with two attached hydrogens (primary N) is 2. The van der Waals surface area contributed by atoms with Crippen LogP contribution in [-0.2, 0) is 9.84 Å². The zero-order valence-electron chi connectivity index (χ0n) is 11.2. The first-order chi connectivity index (χ1) is 10.2. The average Bonchev–Trinajstić information content (AvgIpc) is 2.89. The van der Waals surface area contributed by atoms with E-state index in [-0.39, 0.29) is 26.0 Å². The van der Waals surface area contributed by atoms with Crippen LogP contribution in [-0.4, -0.2) is 25.7 Å². The number of anilines is 2. The van der Waals surface area contributed by atoms with Crippen molar-refractivity contribution in [2.45, 2.75) is 14.0 Å². The minimum Gasteiger partial charge on any atom is -0.477 e. The van der Waals surface area contributed by atoms with Crippen molar-refractivity contribution < 1.29 is 18.3 Å². The van der Waals surface area contributed by atoms with E-state index < -0.39 is 15.8 Å². The molecule has 0 aliphatic carbocycles. The van der Waals surface area contributed by atoms with Gasteiger partial charge in [0, 0.05) is 4.47 Å². The third-order valence-electron chi connectivity index (χ3n) is 2.80. The SMILES string of the molecule is CSc1sc(C(=O)O)cc1S(=O)(=O)c1cc(N)c(N)c(Br)c1.